The highest BCUT2D eigenvalue weighted by Crippen LogP contribution is 2.41. The first-order valence-corrected chi connectivity index (χ1v) is 7.63. The van der Waals surface area contributed by atoms with Gasteiger partial charge in [0.05, 0.1) is 18.2 Å². The van der Waals surface area contributed by atoms with Crippen molar-refractivity contribution in [3.05, 3.63) is 30.1 Å². The first kappa shape index (κ1) is 14.5. The van der Waals surface area contributed by atoms with Gasteiger partial charge < -0.3 is 15.0 Å². The van der Waals surface area contributed by atoms with Gasteiger partial charge in [-0.2, -0.15) is 0 Å². The number of carbonyl (C=O) groups is 1. The molecule has 3 rings (SSSR count). The number of rotatable bonds is 5. The minimum Gasteiger partial charge on any atom is -0.376 e. The van der Waals surface area contributed by atoms with E-state index in [4.69, 9.17) is 4.74 Å². The summed E-state index contributed by atoms with van der Waals surface area (Å²) >= 11 is 0. The van der Waals surface area contributed by atoms with Gasteiger partial charge in [-0.1, -0.05) is 6.07 Å². The van der Waals surface area contributed by atoms with Crippen molar-refractivity contribution < 1.29 is 9.53 Å². The molecule has 0 radical (unpaired) electrons. The van der Waals surface area contributed by atoms with E-state index in [9.17, 15) is 4.79 Å². The molecule has 1 saturated carbocycles. The van der Waals surface area contributed by atoms with Crippen molar-refractivity contribution in [1.82, 2.24) is 15.2 Å². The van der Waals surface area contributed by atoms with Gasteiger partial charge in [-0.15, -0.1) is 0 Å². The highest BCUT2D eigenvalue weighted by molar-refractivity contribution is 5.76. The molecule has 1 aromatic rings. The van der Waals surface area contributed by atoms with Gasteiger partial charge in [0.15, 0.2) is 0 Å². The fourth-order valence-electron chi connectivity index (χ4n) is 3.55. The number of nitrogens with one attached hydrogen (secondary N) is 1. The van der Waals surface area contributed by atoms with E-state index in [0.717, 1.165) is 25.0 Å². The minimum atomic E-state index is 0.126. The number of ether oxygens (including phenoxy) is 1. The Kier molecular flexibility index (Phi) is 4.22. The van der Waals surface area contributed by atoms with Gasteiger partial charge in [-0.3, -0.25) is 9.78 Å². The number of nitrogens with zero attached hydrogens (tertiary/aromatic N) is 2. The van der Waals surface area contributed by atoms with Gasteiger partial charge in [0, 0.05) is 31.3 Å². The van der Waals surface area contributed by atoms with E-state index < -0.39 is 0 Å². The second-order valence-electron chi connectivity index (χ2n) is 6.20. The molecule has 0 aromatic carbocycles. The summed E-state index contributed by atoms with van der Waals surface area (Å²) in [6, 6.07) is 4.45. The second-order valence-corrected chi connectivity index (χ2v) is 6.20. The maximum atomic E-state index is 12.2. The minimum absolute atomic E-state index is 0.126. The van der Waals surface area contributed by atoms with E-state index in [1.807, 2.05) is 18.3 Å². The van der Waals surface area contributed by atoms with Crippen molar-refractivity contribution in [2.75, 3.05) is 20.7 Å². The summed E-state index contributed by atoms with van der Waals surface area (Å²) in [5.74, 6) is 0.612. The summed E-state index contributed by atoms with van der Waals surface area (Å²) in [6.07, 6.45) is 6.18. The smallest absolute Gasteiger partial charge is 0.220 e. The van der Waals surface area contributed by atoms with Crippen molar-refractivity contribution >= 4 is 5.91 Å². The molecule has 1 aliphatic heterocycles. The number of hydrogen-bond acceptors (Lipinski definition) is 4. The summed E-state index contributed by atoms with van der Waals surface area (Å²) in [7, 11) is 4.11. The molecule has 114 valence electrons. The fraction of sp³-hybridized carbons (Fsp3) is 0.625. The SMILES string of the molecule is CN(C)[C@H]1[C@H](NC(=O)CCc2cccnc2)[C@@H]2CCO[C@@H]21. The summed E-state index contributed by atoms with van der Waals surface area (Å²) in [5.41, 5.74) is 1.10. The highest BCUT2D eigenvalue weighted by Gasteiger charge is 2.55. The zero-order valence-electron chi connectivity index (χ0n) is 12.7. The Morgan fingerprint density at radius 1 is 1.52 bits per heavy atom. The Labute approximate surface area is 125 Å². The predicted molar refractivity (Wildman–Crippen MR) is 79.8 cm³/mol. The average Bonchev–Trinajstić information content (AvgIpc) is 2.87. The first-order chi connectivity index (χ1) is 10.2. The quantitative estimate of drug-likeness (QED) is 0.873. The van der Waals surface area contributed by atoms with Gasteiger partial charge in [-0.05, 0) is 38.6 Å². The molecule has 2 aliphatic rings. The molecule has 5 nitrogen and oxygen atoms in total. The van der Waals surface area contributed by atoms with Gasteiger partial charge in [-0.25, -0.2) is 0 Å². The number of aromatic nitrogens is 1. The van der Waals surface area contributed by atoms with Crippen LogP contribution >= 0.6 is 0 Å². The lowest BCUT2D eigenvalue weighted by Crippen LogP contribution is -2.69. The van der Waals surface area contributed by atoms with Crippen molar-refractivity contribution in [3.8, 4) is 0 Å². The molecule has 4 atom stereocenters. The van der Waals surface area contributed by atoms with Crippen molar-refractivity contribution in [1.29, 1.82) is 0 Å². The second kappa shape index (κ2) is 6.12. The number of pyridine rings is 1. The standard InChI is InChI=1S/C16H23N3O2/c1-19(2)15-14(12-7-9-21-16(12)15)18-13(20)6-5-11-4-3-8-17-10-11/h3-4,8,10,12,14-16H,5-7,9H2,1-2H3,(H,18,20)/t12-,14+,15-,16-/m0/s1. The van der Waals surface area contributed by atoms with Crippen LogP contribution in [0.25, 0.3) is 0 Å². The van der Waals surface area contributed by atoms with Crippen LogP contribution in [0.15, 0.2) is 24.5 Å². The third-order valence-electron chi connectivity index (χ3n) is 4.64. The Balaban J connectivity index is 1.52. The predicted octanol–water partition coefficient (Wildman–Crippen LogP) is 0.848. The van der Waals surface area contributed by atoms with Crippen LogP contribution in [0.2, 0.25) is 0 Å². The number of amides is 1. The molecule has 1 aromatic heterocycles. The summed E-state index contributed by atoms with van der Waals surface area (Å²) < 4.78 is 5.77. The largest absolute Gasteiger partial charge is 0.376 e. The monoisotopic (exact) mass is 289 g/mol. The van der Waals surface area contributed by atoms with E-state index in [-0.39, 0.29) is 11.9 Å². The van der Waals surface area contributed by atoms with E-state index in [0.29, 0.717) is 24.5 Å². The van der Waals surface area contributed by atoms with E-state index >= 15 is 0 Å². The number of likely N-dealkylation sites (N-methyl/N-ethyl adjacent to an activating group) is 1. The topological polar surface area (TPSA) is 54.5 Å². The molecule has 1 N–H and O–H groups in total. The van der Waals surface area contributed by atoms with Crippen molar-refractivity contribution in [2.24, 2.45) is 5.92 Å². The maximum Gasteiger partial charge on any atom is 0.220 e. The van der Waals surface area contributed by atoms with E-state index in [2.05, 4.69) is 29.3 Å². The molecular formula is C16H23N3O2. The fourth-order valence-corrected chi connectivity index (χ4v) is 3.55. The van der Waals surface area contributed by atoms with Gasteiger partial charge in [0.25, 0.3) is 0 Å². The Hall–Kier alpha value is -1.46. The molecule has 1 aliphatic carbocycles. The van der Waals surface area contributed by atoms with Crippen LogP contribution < -0.4 is 5.32 Å². The highest BCUT2D eigenvalue weighted by atomic mass is 16.5. The lowest BCUT2D eigenvalue weighted by molar-refractivity contribution is -0.128. The molecule has 1 amide bonds. The van der Waals surface area contributed by atoms with Crippen LogP contribution in [0, 0.1) is 5.92 Å². The van der Waals surface area contributed by atoms with Gasteiger partial charge >= 0.3 is 0 Å². The molecule has 1 saturated heterocycles. The zero-order valence-corrected chi connectivity index (χ0v) is 12.7. The summed E-state index contributed by atoms with van der Waals surface area (Å²) in [4.78, 5) is 18.4. The maximum absolute atomic E-state index is 12.2. The summed E-state index contributed by atoms with van der Waals surface area (Å²) in [5, 5.41) is 3.21. The molecule has 21 heavy (non-hydrogen) atoms. The molecule has 0 spiro atoms. The third kappa shape index (κ3) is 2.94. The van der Waals surface area contributed by atoms with Gasteiger partial charge in [0.2, 0.25) is 5.91 Å². The molecule has 0 bridgehead atoms. The Morgan fingerprint density at radius 2 is 2.38 bits per heavy atom. The lowest BCUT2D eigenvalue weighted by Gasteiger charge is -2.50. The number of aryl methyl sites for hydroxylation is 1. The van der Waals surface area contributed by atoms with Crippen LogP contribution in [0.1, 0.15) is 18.4 Å². The molecule has 2 fully saturated rings. The Bertz CT molecular complexity index is 492. The molecule has 5 heteroatoms. The van der Waals surface area contributed by atoms with Crippen LogP contribution in [0.4, 0.5) is 0 Å². The molecule has 2 heterocycles. The van der Waals surface area contributed by atoms with Gasteiger partial charge in [0.1, 0.15) is 0 Å². The summed E-state index contributed by atoms with van der Waals surface area (Å²) in [6.45, 7) is 0.821. The normalized spacial score (nSPS) is 30.8. The molecular weight excluding hydrogens is 266 g/mol. The number of fused-ring (bicyclic) bond motifs is 1. The lowest BCUT2D eigenvalue weighted by atomic mass is 9.71. The molecule has 0 unspecified atom stereocenters. The number of hydrogen-bond donors (Lipinski definition) is 1. The zero-order chi connectivity index (χ0) is 14.8. The van der Waals surface area contributed by atoms with Crippen molar-refractivity contribution in [3.63, 3.8) is 0 Å². The van der Waals surface area contributed by atoms with Crippen molar-refractivity contribution in [2.45, 2.75) is 37.5 Å². The van der Waals surface area contributed by atoms with Crippen LogP contribution in [0.3, 0.4) is 0 Å². The van der Waals surface area contributed by atoms with E-state index in [1.165, 1.54) is 0 Å². The average molecular weight is 289 g/mol. The Morgan fingerprint density at radius 3 is 3.10 bits per heavy atom. The van der Waals surface area contributed by atoms with Crippen LogP contribution in [-0.4, -0.2) is 54.7 Å². The van der Waals surface area contributed by atoms with Crippen LogP contribution in [0.5, 0.6) is 0 Å². The first-order valence-electron chi connectivity index (χ1n) is 7.63. The van der Waals surface area contributed by atoms with E-state index in [1.54, 1.807) is 6.20 Å². The van der Waals surface area contributed by atoms with Crippen LogP contribution in [-0.2, 0) is 16.0 Å². The third-order valence-corrected chi connectivity index (χ3v) is 4.64. The number of carbonyl (C=O) groups excluding carboxylic acids is 1.